The SMILES string of the molecule is O=C(O)[C@H]1CCCN1S(=O)(=O)CC1CC(F)(F)C1. The summed E-state index contributed by atoms with van der Waals surface area (Å²) in [6.07, 6.45) is -0.0535. The number of aliphatic carboxylic acids is 1. The molecule has 1 aliphatic heterocycles. The van der Waals surface area contributed by atoms with Gasteiger partial charge in [0.15, 0.2) is 0 Å². The van der Waals surface area contributed by atoms with E-state index in [-0.39, 0.29) is 18.7 Å². The van der Waals surface area contributed by atoms with E-state index in [1.165, 1.54) is 0 Å². The van der Waals surface area contributed by atoms with E-state index in [0.29, 0.717) is 6.42 Å². The molecule has 0 aromatic heterocycles. The summed E-state index contributed by atoms with van der Waals surface area (Å²) in [5, 5.41) is 8.91. The summed E-state index contributed by atoms with van der Waals surface area (Å²) in [5.41, 5.74) is 0. The van der Waals surface area contributed by atoms with Crippen LogP contribution in [0.1, 0.15) is 25.7 Å². The Balaban J connectivity index is 2.01. The molecule has 5 nitrogen and oxygen atoms in total. The molecule has 1 N–H and O–H groups in total. The van der Waals surface area contributed by atoms with Gasteiger partial charge in [0, 0.05) is 19.4 Å². The Labute approximate surface area is 104 Å². The fraction of sp³-hybridized carbons (Fsp3) is 0.900. The molecule has 0 amide bonds. The van der Waals surface area contributed by atoms with E-state index in [0.717, 1.165) is 4.31 Å². The maximum absolute atomic E-state index is 12.6. The van der Waals surface area contributed by atoms with Gasteiger partial charge < -0.3 is 5.11 Å². The van der Waals surface area contributed by atoms with Crippen LogP contribution in [-0.2, 0) is 14.8 Å². The molecule has 8 heteroatoms. The maximum Gasteiger partial charge on any atom is 0.322 e. The Morgan fingerprint density at radius 1 is 1.39 bits per heavy atom. The molecule has 1 heterocycles. The molecule has 1 saturated carbocycles. The third-order valence-corrected chi connectivity index (χ3v) is 5.51. The molecule has 0 radical (unpaired) electrons. The van der Waals surface area contributed by atoms with Crippen LogP contribution < -0.4 is 0 Å². The van der Waals surface area contributed by atoms with E-state index >= 15 is 0 Å². The summed E-state index contributed by atoms with van der Waals surface area (Å²) in [6, 6.07) is -1.03. The summed E-state index contributed by atoms with van der Waals surface area (Å²) in [5.74, 6) is -4.85. The Morgan fingerprint density at radius 3 is 2.50 bits per heavy atom. The number of carboxylic acid groups (broad SMARTS) is 1. The number of carbonyl (C=O) groups is 1. The van der Waals surface area contributed by atoms with Crippen LogP contribution in [0.2, 0.25) is 0 Å². The van der Waals surface area contributed by atoms with Crippen molar-refractivity contribution in [3.05, 3.63) is 0 Å². The number of nitrogens with zero attached hydrogens (tertiary/aromatic N) is 1. The van der Waals surface area contributed by atoms with Crippen molar-refractivity contribution < 1.29 is 27.1 Å². The van der Waals surface area contributed by atoms with E-state index in [1.807, 2.05) is 0 Å². The first-order valence-electron chi connectivity index (χ1n) is 5.81. The zero-order valence-corrected chi connectivity index (χ0v) is 10.5. The van der Waals surface area contributed by atoms with E-state index in [9.17, 15) is 22.0 Å². The number of sulfonamides is 1. The fourth-order valence-corrected chi connectivity index (χ4v) is 4.63. The van der Waals surface area contributed by atoms with Crippen molar-refractivity contribution in [2.75, 3.05) is 12.3 Å². The third-order valence-electron chi connectivity index (χ3n) is 3.47. The maximum atomic E-state index is 12.6. The highest BCUT2D eigenvalue weighted by Crippen LogP contribution is 2.43. The topological polar surface area (TPSA) is 74.7 Å². The van der Waals surface area contributed by atoms with Gasteiger partial charge in [-0.15, -0.1) is 0 Å². The molecule has 104 valence electrons. The van der Waals surface area contributed by atoms with Gasteiger partial charge >= 0.3 is 5.97 Å². The average Bonchev–Trinajstić information content (AvgIpc) is 2.62. The molecule has 2 rings (SSSR count). The second-order valence-corrected chi connectivity index (χ2v) is 6.98. The highest BCUT2D eigenvalue weighted by Gasteiger charge is 2.48. The molecule has 0 spiro atoms. The third kappa shape index (κ3) is 2.64. The van der Waals surface area contributed by atoms with Gasteiger partial charge in [-0.05, 0) is 18.8 Å². The van der Waals surface area contributed by atoms with Crippen LogP contribution in [0.3, 0.4) is 0 Å². The molecule has 2 fully saturated rings. The zero-order valence-electron chi connectivity index (χ0n) is 9.68. The van der Waals surface area contributed by atoms with Crippen LogP contribution in [0.25, 0.3) is 0 Å². The molecule has 18 heavy (non-hydrogen) atoms. The van der Waals surface area contributed by atoms with E-state index in [2.05, 4.69) is 0 Å². The lowest BCUT2D eigenvalue weighted by Gasteiger charge is -2.35. The molecule has 0 aromatic carbocycles. The quantitative estimate of drug-likeness (QED) is 0.832. The number of hydrogen-bond acceptors (Lipinski definition) is 3. The minimum absolute atomic E-state index is 0.169. The lowest BCUT2D eigenvalue weighted by Crippen LogP contribution is -2.46. The van der Waals surface area contributed by atoms with E-state index in [4.69, 9.17) is 5.11 Å². The molecular weight excluding hydrogens is 268 g/mol. The second kappa shape index (κ2) is 4.41. The number of hydrogen-bond donors (Lipinski definition) is 1. The molecule has 1 aliphatic carbocycles. The Hall–Kier alpha value is -0.760. The minimum Gasteiger partial charge on any atom is -0.480 e. The number of rotatable bonds is 4. The van der Waals surface area contributed by atoms with Crippen molar-refractivity contribution in [1.29, 1.82) is 0 Å². The van der Waals surface area contributed by atoms with Crippen molar-refractivity contribution in [1.82, 2.24) is 4.31 Å². The highest BCUT2D eigenvalue weighted by atomic mass is 32.2. The molecule has 0 bridgehead atoms. The van der Waals surface area contributed by atoms with Crippen LogP contribution in [0.5, 0.6) is 0 Å². The summed E-state index contributed by atoms with van der Waals surface area (Å²) in [7, 11) is -3.75. The van der Waals surface area contributed by atoms with E-state index < -0.39 is 46.7 Å². The first-order chi connectivity index (χ1) is 8.21. The molecule has 1 saturated heterocycles. The van der Waals surface area contributed by atoms with Crippen LogP contribution >= 0.6 is 0 Å². The summed E-state index contributed by atoms with van der Waals surface area (Å²) in [4.78, 5) is 10.9. The number of alkyl halides is 2. The van der Waals surface area contributed by atoms with Gasteiger partial charge in [-0.2, -0.15) is 4.31 Å². The van der Waals surface area contributed by atoms with Gasteiger partial charge in [0.2, 0.25) is 15.9 Å². The fourth-order valence-electron chi connectivity index (χ4n) is 2.62. The largest absolute Gasteiger partial charge is 0.480 e. The van der Waals surface area contributed by atoms with Crippen LogP contribution in [-0.4, -0.2) is 48.1 Å². The first-order valence-corrected chi connectivity index (χ1v) is 7.42. The van der Waals surface area contributed by atoms with Gasteiger partial charge in [0.05, 0.1) is 5.75 Å². The van der Waals surface area contributed by atoms with Crippen LogP contribution in [0.4, 0.5) is 8.78 Å². The first kappa shape index (κ1) is 13.7. The van der Waals surface area contributed by atoms with Gasteiger partial charge in [-0.3, -0.25) is 4.79 Å². The molecule has 1 atom stereocenters. The Kier molecular flexibility index (Phi) is 3.35. The lowest BCUT2D eigenvalue weighted by atomic mass is 9.83. The van der Waals surface area contributed by atoms with Gasteiger partial charge in [0.1, 0.15) is 6.04 Å². The van der Waals surface area contributed by atoms with Crippen molar-refractivity contribution >= 4 is 16.0 Å². The average molecular weight is 283 g/mol. The molecule has 0 unspecified atom stereocenters. The standard InChI is InChI=1S/C10H15F2NO4S/c11-10(12)4-7(5-10)6-18(16,17)13-3-1-2-8(13)9(14)15/h7-8H,1-6H2,(H,14,15)/t8-/m1/s1. The molecule has 0 aromatic rings. The minimum atomic E-state index is -3.75. The molecule has 2 aliphatic rings. The predicted molar refractivity (Wildman–Crippen MR) is 58.8 cm³/mol. The van der Waals surface area contributed by atoms with Crippen molar-refractivity contribution in [2.45, 2.75) is 37.6 Å². The Morgan fingerprint density at radius 2 is 2.00 bits per heavy atom. The number of halogens is 2. The summed E-state index contributed by atoms with van der Waals surface area (Å²) < 4.78 is 50.2. The second-order valence-electron chi connectivity index (χ2n) is 5.02. The summed E-state index contributed by atoms with van der Waals surface area (Å²) in [6.45, 7) is 0.169. The highest BCUT2D eigenvalue weighted by molar-refractivity contribution is 7.89. The summed E-state index contributed by atoms with van der Waals surface area (Å²) >= 11 is 0. The van der Waals surface area contributed by atoms with Crippen molar-refractivity contribution in [2.24, 2.45) is 5.92 Å². The lowest BCUT2D eigenvalue weighted by molar-refractivity contribution is -0.140. The predicted octanol–water partition coefficient (Wildman–Crippen LogP) is 0.910. The van der Waals surface area contributed by atoms with Crippen LogP contribution in [0, 0.1) is 5.92 Å². The van der Waals surface area contributed by atoms with E-state index in [1.54, 1.807) is 0 Å². The van der Waals surface area contributed by atoms with Gasteiger partial charge in [-0.25, -0.2) is 17.2 Å². The van der Waals surface area contributed by atoms with Crippen LogP contribution in [0.15, 0.2) is 0 Å². The monoisotopic (exact) mass is 283 g/mol. The smallest absolute Gasteiger partial charge is 0.322 e. The van der Waals surface area contributed by atoms with Gasteiger partial charge in [-0.1, -0.05) is 0 Å². The zero-order chi connectivity index (χ0) is 13.6. The van der Waals surface area contributed by atoms with Crippen molar-refractivity contribution in [3.8, 4) is 0 Å². The molecular formula is C10H15F2NO4S. The van der Waals surface area contributed by atoms with Crippen molar-refractivity contribution in [3.63, 3.8) is 0 Å². The Bertz CT molecular complexity index is 443. The number of carboxylic acids is 1. The normalized spacial score (nSPS) is 29.1. The van der Waals surface area contributed by atoms with Gasteiger partial charge in [0.25, 0.3) is 0 Å².